The fourth-order valence-corrected chi connectivity index (χ4v) is 9.05. The third-order valence-electron chi connectivity index (χ3n) is 9.46. The van der Waals surface area contributed by atoms with Crippen molar-refractivity contribution in [2.45, 2.75) is 24.3 Å². The molecule has 0 radical (unpaired) electrons. The SMILES string of the molecule is CCOc1ccc(OC)cc1C1(N2CCN(c3ccnc(C)c3)CC2)CN(S(=O)(=O)c2ccc(Cl)c3cccnc23)c2ccc(C#N)cc21. The Labute approximate surface area is 291 Å². The largest absolute Gasteiger partial charge is 0.497 e. The van der Waals surface area contributed by atoms with Gasteiger partial charge in [-0.1, -0.05) is 11.6 Å². The van der Waals surface area contributed by atoms with Gasteiger partial charge in [0.25, 0.3) is 10.0 Å². The van der Waals surface area contributed by atoms with Crippen molar-refractivity contribution in [2.24, 2.45) is 0 Å². The summed E-state index contributed by atoms with van der Waals surface area (Å²) in [6.45, 7) is 6.89. The molecule has 10 nitrogen and oxygen atoms in total. The number of rotatable bonds is 8. The zero-order valence-electron chi connectivity index (χ0n) is 27.4. The molecule has 2 aromatic heterocycles. The summed E-state index contributed by atoms with van der Waals surface area (Å²) in [5.41, 5.74) is 3.63. The van der Waals surface area contributed by atoms with E-state index in [9.17, 15) is 13.7 Å². The Morgan fingerprint density at radius 3 is 2.51 bits per heavy atom. The molecule has 1 unspecified atom stereocenters. The van der Waals surface area contributed by atoms with E-state index in [1.807, 2.05) is 50.4 Å². The highest BCUT2D eigenvalue weighted by Gasteiger charge is 2.54. The Kier molecular flexibility index (Phi) is 8.57. The third kappa shape index (κ3) is 5.50. The fraction of sp³-hybridized carbons (Fsp3) is 0.270. The van der Waals surface area contributed by atoms with Crippen LogP contribution >= 0.6 is 11.6 Å². The predicted octanol–water partition coefficient (Wildman–Crippen LogP) is 6.15. The lowest BCUT2D eigenvalue weighted by Crippen LogP contribution is -2.58. The molecule has 0 N–H and O–H groups in total. The van der Waals surface area contributed by atoms with E-state index >= 15 is 0 Å². The molecule has 3 aromatic carbocycles. The molecule has 0 aliphatic carbocycles. The lowest BCUT2D eigenvalue weighted by Gasteiger charge is -2.47. The molecule has 12 heteroatoms. The molecule has 1 atom stereocenters. The van der Waals surface area contributed by atoms with E-state index in [2.05, 4.69) is 31.9 Å². The lowest BCUT2D eigenvalue weighted by molar-refractivity contribution is 0.124. The number of benzene rings is 3. The van der Waals surface area contributed by atoms with Gasteiger partial charge in [-0.25, -0.2) is 8.42 Å². The van der Waals surface area contributed by atoms with Crippen LogP contribution in [0, 0.1) is 18.3 Å². The first-order valence-corrected chi connectivity index (χ1v) is 17.9. The van der Waals surface area contributed by atoms with E-state index in [0.717, 1.165) is 16.9 Å². The van der Waals surface area contributed by atoms with Crippen molar-refractivity contribution in [3.05, 3.63) is 113 Å². The summed E-state index contributed by atoms with van der Waals surface area (Å²) in [6.07, 6.45) is 3.38. The van der Waals surface area contributed by atoms with Crippen LogP contribution in [0.15, 0.2) is 90.1 Å². The van der Waals surface area contributed by atoms with Gasteiger partial charge < -0.3 is 14.4 Å². The molecule has 7 rings (SSSR count). The van der Waals surface area contributed by atoms with Gasteiger partial charge in [-0.15, -0.1) is 0 Å². The number of nitrogens with zero attached hydrogens (tertiary/aromatic N) is 6. The molecule has 1 saturated heterocycles. The predicted molar refractivity (Wildman–Crippen MR) is 190 cm³/mol. The number of hydrogen-bond donors (Lipinski definition) is 0. The highest BCUT2D eigenvalue weighted by molar-refractivity contribution is 7.93. The first kappa shape index (κ1) is 32.6. The molecule has 2 aliphatic heterocycles. The van der Waals surface area contributed by atoms with E-state index in [-0.39, 0.29) is 11.4 Å². The topological polar surface area (TPSA) is 112 Å². The van der Waals surface area contributed by atoms with Crippen LogP contribution < -0.4 is 18.7 Å². The van der Waals surface area contributed by atoms with E-state index < -0.39 is 15.6 Å². The maximum Gasteiger partial charge on any atom is 0.266 e. The Morgan fingerprint density at radius 1 is 0.959 bits per heavy atom. The number of methoxy groups -OCH3 is 1. The summed E-state index contributed by atoms with van der Waals surface area (Å²) in [7, 11) is -2.61. The average molecular weight is 695 g/mol. The summed E-state index contributed by atoms with van der Waals surface area (Å²) in [4.78, 5) is 13.5. The first-order chi connectivity index (χ1) is 23.7. The Morgan fingerprint density at radius 2 is 1.78 bits per heavy atom. The minimum atomic E-state index is -4.22. The summed E-state index contributed by atoms with van der Waals surface area (Å²) >= 11 is 6.50. The summed E-state index contributed by atoms with van der Waals surface area (Å²) in [5, 5.41) is 11.1. The zero-order valence-corrected chi connectivity index (χ0v) is 29.0. The molecular formula is C37H35ClN6O4S. The molecule has 0 spiro atoms. The van der Waals surface area contributed by atoms with Gasteiger partial charge in [-0.3, -0.25) is 19.2 Å². The van der Waals surface area contributed by atoms with E-state index in [4.69, 9.17) is 21.1 Å². The Bertz CT molecular complexity index is 2220. The van der Waals surface area contributed by atoms with Gasteiger partial charge in [0.05, 0.1) is 53.7 Å². The summed E-state index contributed by atoms with van der Waals surface area (Å²) < 4.78 is 43.4. The van der Waals surface area contributed by atoms with E-state index in [1.165, 1.54) is 10.4 Å². The van der Waals surface area contributed by atoms with Crippen LogP contribution in [0.5, 0.6) is 11.5 Å². The number of fused-ring (bicyclic) bond motifs is 2. The van der Waals surface area contributed by atoms with Crippen LogP contribution in [0.4, 0.5) is 11.4 Å². The van der Waals surface area contributed by atoms with Gasteiger partial charge >= 0.3 is 0 Å². The highest BCUT2D eigenvalue weighted by Crippen LogP contribution is 2.53. The van der Waals surface area contributed by atoms with Crippen molar-refractivity contribution >= 4 is 43.9 Å². The molecule has 49 heavy (non-hydrogen) atoms. The molecule has 1 fully saturated rings. The summed E-state index contributed by atoms with van der Waals surface area (Å²) in [5.74, 6) is 1.22. The number of ether oxygens (including phenoxy) is 2. The second-order valence-electron chi connectivity index (χ2n) is 12.1. The molecule has 5 aromatic rings. The second kappa shape index (κ2) is 12.9. The molecule has 0 saturated carbocycles. The molecule has 250 valence electrons. The van der Waals surface area contributed by atoms with Gasteiger partial charge in [0.15, 0.2) is 0 Å². The third-order valence-corrected chi connectivity index (χ3v) is 11.6. The van der Waals surface area contributed by atoms with Crippen molar-refractivity contribution in [1.29, 1.82) is 5.26 Å². The number of aromatic nitrogens is 2. The Hall–Kier alpha value is -4.89. The minimum Gasteiger partial charge on any atom is -0.497 e. The van der Waals surface area contributed by atoms with Gasteiger partial charge in [0.1, 0.15) is 16.4 Å². The zero-order chi connectivity index (χ0) is 34.3. The lowest BCUT2D eigenvalue weighted by atomic mass is 9.81. The summed E-state index contributed by atoms with van der Waals surface area (Å²) in [6, 6.07) is 23.8. The number of anilines is 2. The number of sulfonamides is 1. The van der Waals surface area contributed by atoms with E-state index in [0.29, 0.717) is 77.0 Å². The van der Waals surface area contributed by atoms with Gasteiger partial charge in [0.2, 0.25) is 0 Å². The van der Waals surface area contributed by atoms with Gasteiger partial charge in [0, 0.05) is 66.5 Å². The quantitative estimate of drug-likeness (QED) is 0.189. The van der Waals surface area contributed by atoms with Crippen LogP contribution in [-0.2, 0) is 15.6 Å². The standard InChI is InChI=1S/C37H35ClN6O4S/c1-4-48-34-11-8-28(47-3)22-31(34)37(43-18-16-42(17-19-43)27-13-15-40-25(2)20-27)24-44(33-10-7-26(23-39)21-30(33)37)49(45,46)35-12-9-32(38)29-6-5-14-41-36(29)35/h5-15,20-22H,4,16-19,24H2,1-3H3. The maximum atomic E-state index is 15.0. The highest BCUT2D eigenvalue weighted by atomic mass is 35.5. The Balaban J connectivity index is 1.44. The van der Waals surface area contributed by atoms with E-state index in [1.54, 1.807) is 43.6 Å². The number of piperazine rings is 1. The van der Waals surface area contributed by atoms with Gasteiger partial charge in [-0.05, 0) is 86.6 Å². The van der Waals surface area contributed by atoms with Crippen LogP contribution in [0.3, 0.4) is 0 Å². The molecular weight excluding hydrogens is 660 g/mol. The monoisotopic (exact) mass is 694 g/mol. The van der Waals surface area contributed by atoms with Crippen molar-refractivity contribution in [3.63, 3.8) is 0 Å². The fourth-order valence-electron chi connectivity index (χ4n) is 7.17. The molecule has 2 aliphatic rings. The van der Waals surface area contributed by atoms with Gasteiger partial charge in [-0.2, -0.15) is 5.26 Å². The average Bonchev–Trinajstić information content (AvgIpc) is 3.48. The number of hydrogen-bond acceptors (Lipinski definition) is 9. The number of nitriles is 1. The normalized spacial score (nSPS) is 17.9. The van der Waals surface area contributed by atoms with Crippen LogP contribution in [0.25, 0.3) is 10.9 Å². The number of pyridine rings is 2. The van der Waals surface area contributed by atoms with Crippen LogP contribution in [0.1, 0.15) is 29.3 Å². The van der Waals surface area contributed by atoms with Crippen molar-refractivity contribution < 1.29 is 17.9 Å². The molecule has 4 heterocycles. The van der Waals surface area contributed by atoms with Crippen molar-refractivity contribution in [1.82, 2.24) is 14.9 Å². The maximum absolute atomic E-state index is 15.0. The second-order valence-corrected chi connectivity index (χ2v) is 14.3. The number of aryl methyl sites for hydroxylation is 1. The smallest absolute Gasteiger partial charge is 0.266 e. The molecule has 0 amide bonds. The minimum absolute atomic E-state index is 0.0259. The van der Waals surface area contributed by atoms with Crippen LogP contribution in [-0.4, -0.2) is 69.7 Å². The number of halogens is 1. The van der Waals surface area contributed by atoms with Crippen molar-refractivity contribution in [3.8, 4) is 17.6 Å². The molecule has 0 bridgehead atoms. The van der Waals surface area contributed by atoms with Crippen LogP contribution in [0.2, 0.25) is 5.02 Å². The van der Waals surface area contributed by atoms with Crippen molar-refractivity contribution in [2.75, 3.05) is 55.6 Å². The first-order valence-electron chi connectivity index (χ1n) is 16.1.